The Hall–Kier alpha value is -2.70. The lowest BCUT2D eigenvalue weighted by atomic mass is 10.1. The average molecular weight is 274 g/mol. The third-order valence-electron chi connectivity index (χ3n) is 2.92. The number of nitrogens with zero attached hydrogens (tertiary/aromatic N) is 3. The van der Waals surface area contributed by atoms with E-state index in [2.05, 4.69) is 10.3 Å². The summed E-state index contributed by atoms with van der Waals surface area (Å²) in [6, 6.07) is 4.70. The maximum atomic E-state index is 11.6. The highest BCUT2D eigenvalue weighted by Gasteiger charge is 2.14. The smallest absolute Gasteiger partial charge is 0.278 e. The van der Waals surface area contributed by atoms with E-state index in [9.17, 15) is 14.9 Å². The maximum Gasteiger partial charge on any atom is 0.278 e. The van der Waals surface area contributed by atoms with Gasteiger partial charge in [-0.25, -0.2) is 0 Å². The number of non-ortho nitro benzene ring substituents is 1. The maximum absolute atomic E-state index is 11.6. The van der Waals surface area contributed by atoms with Crippen LogP contribution in [0.2, 0.25) is 0 Å². The molecule has 0 atom stereocenters. The zero-order valence-electron chi connectivity index (χ0n) is 11.2. The number of nitro groups is 1. The fourth-order valence-corrected chi connectivity index (χ4v) is 1.82. The second kappa shape index (κ2) is 5.52. The molecule has 2 aromatic rings. The lowest BCUT2D eigenvalue weighted by Gasteiger charge is -2.13. The Morgan fingerprint density at radius 3 is 2.75 bits per heavy atom. The molecule has 7 heteroatoms. The molecule has 104 valence electrons. The van der Waals surface area contributed by atoms with Crippen molar-refractivity contribution in [2.45, 2.75) is 0 Å². The number of anilines is 1. The highest BCUT2D eigenvalue weighted by molar-refractivity contribution is 5.99. The summed E-state index contributed by atoms with van der Waals surface area (Å²) in [6.07, 6.45) is 3.01. The largest absolute Gasteiger partial charge is 0.376 e. The van der Waals surface area contributed by atoms with E-state index < -0.39 is 4.92 Å². The minimum absolute atomic E-state index is 0.00224. The van der Waals surface area contributed by atoms with Crippen LogP contribution in [0.1, 0.15) is 0 Å². The van der Waals surface area contributed by atoms with E-state index in [1.807, 2.05) is 0 Å². The van der Waals surface area contributed by atoms with Gasteiger partial charge >= 0.3 is 0 Å². The normalized spacial score (nSPS) is 10.3. The Morgan fingerprint density at radius 2 is 2.10 bits per heavy atom. The first-order valence-corrected chi connectivity index (χ1v) is 5.96. The SMILES string of the molecule is CN(C)C(=O)CNc1ccc([N+](=O)[O-])c2cnccc12. The topological polar surface area (TPSA) is 88.4 Å². The third kappa shape index (κ3) is 2.66. The van der Waals surface area contributed by atoms with Gasteiger partial charge in [-0.2, -0.15) is 0 Å². The molecule has 1 heterocycles. The standard InChI is InChI=1S/C13H14N4O3/c1-16(2)13(18)8-15-11-3-4-12(17(19)20)10-7-14-6-5-9(10)11/h3-7,15H,8H2,1-2H3. The van der Waals surface area contributed by atoms with E-state index in [4.69, 9.17) is 0 Å². The van der Waals surface area contributed by atoms with Gasteiger partial charge in [-0.05, 0) is 12.1 Å². The van der Waals surface area contributed by atoms with Crippen molar-refractivity contribution in [1.82, 2.24) is 9.88 Å². The first kappa shape index (κ1) is 13.7. The van der Waals surface area contributed by atoms with Gasteiger partial charge in [-0.3, -0.25) is 19.9 Å². The van der Waals surface area contributed by atoms with E-state index in [0.717, 1.165) is 0 Å². The van der Waals surface area contributed by atoms with Crippen molar-refractivity contribution in [3.63, 3.8) is 0 Å². The average Bonchev–Trinajstić information content (AvgIpc) is 2.43. The zero-order valence-corrected chi connectivity index (χ0v) is 11.2. The highest BCUT2D eigenvalue weighted by Crippen LogP contribution is 2.30. The number of nitrogens with one attached hydrogen (secondary N) is 1. The quantitative estimate of drug-likeness (QED) is 0.676. The second-order valence-electron chi connectivity index (χ2n) is 4.45. The number of pyridine rings is 1. The molecule has 0 spiro atoms. The molecular weight excluding hydrogens is 260 g/mol. The number of carbonyl (C=O) groups is 1. The predicted octanol–water partition coefficient (Wildman–Crippen LogP) is 1.64. The van der Waals surface area contributed by atoms with Gasteiger partial charge in [0.1, 0.15) is 0 Å². The summed E-state index contributed by atoms with van der Waals surface area (Å²) in [7, 11) is 3.34. The van der Waals surface area contributed by atoms with E-state index in [0.29, 0.717) is 16.5 Å². The van der Waals surface area contributed by atoms with Gasteiger partial charge in [0.2, 0.25) is 5.91 Å². The van der Waals surface area contributed by atoms with Gasteiger partial charge in [0.05, 0.1) is 16.9 Å². The summed E-state index contributed by atoms with van der Waals surface area (Å²) >= 11 is 0. The van der Waals surface area contributed by atoms with Gasteiger partial charge in [0.15, 0.2) is 0 Å². The van der Waals surface area contributed by atoms with E-state index >= 15 is 0 Å². The lowest BCUT2D eigenvalue weighted by Crippen LogP contribution is -2.28. The number of amides is 1. The molecule has 20 heavy (non-hydrogen) atoms. The van der Waals surface area contributed by atoms with E-state index in [1.54, 1.807) is 32.4 Å². The number of hydrogen-bond acceptors (Lipinski definition) is 5. The summed E-state index contributed by atoms with van der Waals surface area (Å²) in [5.74, 6) is -0.0782. The zero-order chi connectivity index (χ0) is 14.7. The predicted molar refractivity (Wildman–Crippen MR) is 75.6 cm³/mol. The van der Waals surface area contributed by atoms with E-state index in [-0.39, 0.29) is 18.1 Å². The van der Waals surface area contributed by atoms with Gasteiger partial charge in [-0.1, -0.05) is 0 Å². The molecule has 0 saturated carbocycles. The van der Waals surface area contributed by atoms with Crippen LogP contribution >= 0.6 is 0 Å². The molecule has 0 aliphatic carbocycles. The number of carbonyl (C=O) groups excluding carboxylic acids is 1. The van der Waals surface area contributed by atoms with Gasteiger partial charge < -0.3 is 10.2 Å². The number of fused-ring (bicyclic) bond motifs is 1. The van der Waals surface area contributed by atoms with Gasteiger partial charge in [0, 0.05) is 43.6 Å². The fraction of sp³-hybridized carbons (Fsp3) is 0.231. The summed E-state index contributed by atoms with van der Waals surface area (Å²) in [5.41, 5.74) is 0.667. The van der Waals surface area contributed by atoms with Crippen LogP contribution in [0.5, 0.6) is 0 Å². The van der Waals surface area contributed by atoms with Crippen molar-refractivity contribution in [1.29, 1.82) is 0 Å². The number of aromatic nitrogens is 1. The Bertz CT molecular complexity index is 670. The van der Waals surface area contributed by atoms with Gasteiger partial charge in [-0.15, -0.1) is 0 Å². The molecule has 0 fully saturated rings. The molecule has 0 unspecified atom stereocenters. The third-order valence-corrected chi connectivity index (χ3v) is 2.92. The second-order valence-corrected chi connectivity index (χ2v) is 4.45. The number of benzene rings is 1. The fourth-order valence-electron chi connectivity index (χ4n) is 1.82. The van der Waals surface area contributed by atoms with Crippen LogP contribution in [0.25, 0.3) is 10.8 Å². The van der Waals surface area contributed by atoms with Crippen LogP contribution in [0.4, 0.5) is 11.4 Å². The monoisotopic (exact) mass is 274 g/mol. The van der Waals surface area contributed by atoms with Crippen molar-refractivity contribution in [2.75, 3.05) is 26.0 Å². The molecule has 7 nitrogen and oxygen atoms in total. The minimum Gasteiger partial charge on any atom is -0.376 e. The molecule has 0 bridgehead atoms. The van der Waals surface area contributed by atoms with Crippen LogP contribution in [-0.2, 0) is 4.79 Å². The Balaban J connectivity index is 2.38. The molecule has 2 rings (SSSR count). The first-order chi connectivity index (χ1) is 9.50. The summed E-state index contributed by atoms with van der Waals surface area (Å²) in [6.45, 7) is 0.127. The summed E-state index contributed by atoms with van der Waals surface area (Å²) in [5, 5.41) is 15.1. The molecule has 0 saturated heterocycles. The van der Waals surface area contributed by atoms with Crippen LogP contribution in [0.3, 0.4) is 0 Å². The van der Waals surface area contributed by atoms with Crippen molar-refractivity contribution >= 4 is 28.1 Å². The Kier molecular flexibility index (Phi) is 3.79. The molecule has 1 amide bonds. The number of rotatable bonds is 4. The molecule has 1 N–H and O–H groups in total. The van der Waals surface area contributed by atoms with E-state index in [1.165, 1.54) is 17.2 Å². The Labute approximate surface area is 115 Å². The van der Waals surface area contributed by atoms with Crippen LogP contribution in [-0.4, -0.2) is 41.4 Å². The van der Waals surface area contributed by atoms with Gasteiger partial charge in [0.25, 0.3) is 5.69 Å². The van der Waals surface area contributed by atoms with Crippen molar-refractivity contribution in [2.24, 2.45) is 0 Å². The Morgan fingerprint density at radius 1 is 1.35 bits per heavy atom. The van der Waals surface area contributed by atoms with Crippen molar-refractivity contribution in [3.05, 3.63) is 40.7 Å². The molecule has 0 aliphatic rings. The van der Waals surface area contributed by atoms with Crippen molar-refractivity contribution < 1.29 is 9.72 Å². The van der Waals surface area contributed by atoms with Crippen LogP contribution in [0, 0.1) is 10.1 Å². The molecule has 1 aromatic heterocycles. The van der Waals surface area contributed by atoms with Crippen LogP contribution in [0.15, 0.2) is 30.6 Å². The first-order valence-electron chi connectivity index (χ1n) is 5.96. The number of nitro benzene ring substituents is 1. The lowest BCUT2D eigenvalue weighted by molar-refractivity contribution is -0.383. The number of hydrogen-bond donors (Lipinski definition) is 1. The summed E-state index contributed by atoms with van der Waals surface area (Å²) < 4.78 is 0. The highest BCUT2D eigenvalue weighted by atomic mass is 16.6. The molecular formula is C13H14N4O3. The number of likely N-dealkylation sites (N-methyl/N-ethyl adjacent to an activating group) is 1. The molecule has 0 radical (unpaired) electrons. The van der Waals surface area contributed by atoms with Crippen molar-refractivity contribution in [3.8, 4) is 0 Å². The summed E-state index contributed by atoms with van der Waals surface area (Å²) in [4.78, 5) is 27.5. The minimum atomic E-state index is -0.446. The molecule has 1 aromatic carbocycles. The van der Waals surface area contributed by atoms with Crippen LogP contribution < -0.4 is 5.32 Å². The molecule has 0 aliphatic heterocycles.